The van der Waals surface area contributed by atoms with Gasteiger partial charge in [0.15, 0.2) is 0 Å². The Balaban J connectivity index is 2.29. The standard InChI is InChI=1S/C15H13FN2O/c1-10-2-7-14-15(11-3-5-12(16)6-4-11)13(9-19)17-18(14)8-10/h2-8,19H,9H2,1H3. The Bertz CT molecular complexity index is 732. The third-order valence-electron chi connectivity index (χ3n) is 3.13. The number of hydrogen-bond donors (Lipinski definition) is 1. The second kappa shape index (κ2) is 4.48. The maximum atomic E-state index is 13.0. The molecule has 19 heavy (non-hydrogen) atoms. The summed E-state index contributed by atoms with van der Waals surface area (Å²) in [4.78, 5) is 0. The molecule has 3 aromatic rings. The summed E-state index contributed by atoms with van der Waals surface area (Å²) in [6, 6.07) is 10.2. The maximum Gasteiger partial charge on any atom is 0.123 e. The van der Waals surface area contributed by atoms with Gasteiger partial charge in [0.2, 0.25) is 0 Å². The Morgan fingerprint density at radius 3 is 2.58 bits per heavy atom. The zero-order chi connectivity index (χ0) is 13.4. The molecule has 0 aliphatic carbocycles. The minimum atomic E-state index is -0.276. The third-order valence-corrected chi connectivity index (χ3v) is 3.13. The quantitative estimate of drug-likeness (QED) is 0.765. The predicted octanol–water partition coefficient (Wildman–Crippen LogP) is 2.94. The second-order valence-corrected chi connectivity index (χ2v) is 4.52. The maximum absolute atomic E-state index is 13.0. The topological polar surface area (TPSA) is 37.5 Å². The van der Waals surface area contributed by atoms with Crippen LogP contribution in [-0.2, 0) is 6.61 Å². The molecule has 2 heterocycles. The van der Waals surface area contributed by atoms with Crippen molar-refractivity contribution in [1.29, 1.82) is 0 Å². The number of rotatable bonds is 2. The molecule has 0 aliphatic rings. The number of hydrogen-bond acceptors (Lipinski definition) is 2. The van der Waals surface area contributed by atoms with Crippen molar-refractivity contribution in [2.75, 3.05) is 0 Å². The number of aliphatic hydroxyl groups is 1. The zero-order valence-electron chi connectivity index (χ0n) is 10.5. The molecule has 0 amide bonds. The normalized spacial score (nSPS) is 11.1. The fraction of sp³-hybridized carbons (Fsp3) is 0.133. The van der Waals surface area contributed by atoms with E-state index in [9.17, 15) is 9.50 Å². The molecule has 0 unspecified atom stereocenters. The molecule has 1 aromatic carbocycles. The van der Waals surface area contributed by atoms with Crippen molar-refractivity contribution in [1.82, 2.24) is 9.61 Å². The summed E-state index contributed by atoms with van der Waals surface area (Å²) in [7, 11) is 0. The highest BCUT2D eigenvalue weighted by Crippen LogP contribution is 2.29. The van der Waals surface area contributed by atoms with E-state index >= 15 is 0 Å². The number of halogens is 1. The lowest BCUT2D eigenvalue weighted by atomic mass is 10.0. The van der Waals surface area contributed by atoms with Gasteiger partial charge in [-0.2, -0.15) is 5.10 Å². The SMILES string of the molecule is Cc1ccc2c(-c3ccc(F)cc3)c(CO)nn2c1. The molecule has 3 rings (SSSR count). The van der Waals surface area contributed by atoms with Crippen molar-refractivity contribution < 1.29 is 9.50 Å². The molecule has 0 atom stereocenters. The van der Waals surface area contributed by atoms with E-state index in [1.54, 1.807) is 16.6 Å². The van der Waals surface area contributed by atoms with E-state index in [0.717, 1.165) is 22.2 Å². The molecular formula is C15H13FN2O. The number of aromatic nitrogens is 2. The average Bonchev–Trinajstić information content (AvgIpc) is 2.77. The summed E-state index contributed by atoms with van der Waals surface area (Å²) in [5.74, 6) is -0.276. The van der Waals surface area contributed by atoms with E-state index in [4.69, 9.17) is 0 Å². The van der Waals surface area contributed by atoms with Gasteiger partial charge in [-0.15, -0.1) is 0 Å². The summed E-state index contributed by atoms with van der Waals surface area (Å²) in [5.41, 5.74) is 4.29. The fourth-order valence-corrected chi connectivity index (χ4v) is 2.24. The molecule has 4 heteroatoms. The van der Waals surface area contributed by atoms with Gasteiger partial charge in [0, 0.05) is 11.8 Å². The van der Waals surface area contributed by atoms with Gasteiger partial charge in [-0.3, -0.25) is 0 Å². The van der Waals surface area contributed by atoms with Crippen LogP contribution in [0.5, 0.6) is 0 Å². The average molecular weight is 256 g/mol. The van der Waals surface area contributed by atoms with Crippen LogP contribution in [0.15, 0.2) is 42.6 Å². The van der Waals surface area contributed by atoms with Crippen LogP contribution >= 0.6 is 0 Å². The monoisotopic (exact) mass is 256 g/mol. The van der Waals surface area contributed by atoms with Gasteiger partial charge in [-0.05, 0) is 36.2 Å². The molecule has 0 spiro atoms. The van der Waals surface area contributed by atoms with Crippen molar-refractivity contribution in [3.8, 4) is 11.1 Å². The highest BCUT2D eigenvalue weighted by atomic mass is 19.1. The van der Waals surface area contributed by atoms with Crippen LogP contribution in [0.4, 0.5) is 4.39 Å². The number of fused-ring (bicyclic) bond motifs is 1. The summed E-state index contributed by atoms with van der Waals surface area (Å²) in [5, 5.41) is 13.8. The molecule has 0 fully saturated rings. The Morgan fingerprint density at radius 1 is 1.16 bits per heavy atom. The molecule has 0 saturated carbocycles. The first-order chi connectivity index (χ1) is 9.19. The largest absolute Gasteiger partial charge is 0.390 e. The van der Waals surface area contributed by atoms with Gasteiger partial charge in [-0.1, -0.05) is 18.2 Å². The van der Waals surface area contributed by atoms with Crippen LogP contribution < -0.4 is 0 Å². The Labute approximate surface area is 109 Å². The Hall–Kier alpha value is -2.20. The number of aliphatic hydroxyl groups excluding tert-OH is 1. The van der Waals surface area contributed by atoms with Crippen molar-refractivity contribution in [2.45, 2.75) is 13.5 Å². The van der Waals surface area contributed by atoms with E-state index in [1.165, 1.54) is 12.1 Å². The van der Waals surface area contributed by atoms with Gasteiger partial charge in [0.05, 0.1) is 17.8 Å². The van der Waals surface area contributed by atoms with Crippen LogP contribution in [0, 0.1) is 12.7 Å². The zero-order valence-corrected chi connectivity index (χ0v) is 10.5. The van der Waals surface area contributed by atoms with Gasteiger partial charge < -0.3 is 5.11 Å². The van der Waals surface area contributed by atoms with Crippen LogP contribution in [0.1, 0.15) is 11.3 Å². The summed E-state index contributed by atoms with van der Waals surface area (Å²) in [6.07, 6.45) is 1.90. The lowest BCUT2D eigenvalue weighted by molar-refractivity contribution is 0.277. The molecule has 3 nitrogen and oxygen atoms in total. The Kier molecular flexibility index (Phi) is 2.80. The number of aryl methyl sites for hydroxylation is 1. The molecular weight excluding hydrogens is 243 g/mol. The second-order valence-electron chi connectivity index (χ2n) is 4.52. The molecule has 1 N–H and O–H groups in total. The van der Waals surface area contributed by atoms with Gasteiger partial charge in [-0.25, -0.2) is 8.91 Å². The third kappa shape index (κ3) is 2.00. The first-order valence-electron chi connectivity index (χ1n) is 6.03. The Morgan fingerprint density at radius 2 is 1.89 bits per heavy atom. The minimum Gasteiger partial charge on any atom is -0.390 e. The first-order valence-corrected chi connectivity index (χ1v) is 6.03. The van der Waals surface area contributed by atoms with Crippen molar-refractivity contribution in [3.05, 3.63) is 59.7 Å². The van der Waals surface area contributed by atoms with Crippen molar-refractivity contribution in [2.24, 2.45) is 0 Å². The van der Waals surface area contributed by atoms with E-state index in [1.807, 2.05) is 25.3 Å². The van der Waals surface area contributed by atoms with Crippen LogP contribution in [0.25, 0.3) is 16.6 Å². The van der Waals surface area contributed by atoms with E-state index < -0.39 is 0 Å². The molecule has 0 radical (unpaired) electrons. The predicted molar refractivity (Wildman–Crippen MR) is 71.2 cm³/mol. The number of pyridine rings is 1. The highest BCUT2D eigenvalue weighted by molar-refractivity contribution is 5.82. The van der Waals surface area contributed by atoms with Crippen molar-refractivity contribution in [3.63, 3.8) is 0 Å². The molecule has 2 aromatic heterocycles. The molecule has 96 valence electrons. The molecule has 0 saturated heterocycles. The van der Waals surface area contributed by atoms with Crippen LogP contribution in [0.2, 0.25) is 0 Å². The van der Waals surface area contributed by atoms with Crippen molar-refractivity contribution >= 4 is 5.52 Å². The van der Waals surface area contributed by atoms with Gasteiger partial charge >= 0.3 is 0 Å². The number of benzene rings is 1. The van der Waals surface area contributed by atoms with E-state index in [0.29, 0.717) is 5.69 Å². The summed E-state index contributed by atoms with van der Waals surface area (Å²) < 4.78 is 14.8. The summed E-state index contributed by atoms with van der Waals surface area (Å²) in [6.45, 7) is 1.84. The van der Waals surface area contributed by atoms with Gasteiger partial charge in [0.25, 0.3) is 0 Å². The van der Waals surface area contributed by atoms with E-state index in [-0.39, 0.29) is 12.4 Å². The minimum absolute atomic E-state index is 0.145. The highest BCUT2D eigenvalue weighted by Gasteiger charge is 2.13. The van der Waals surface area contributed by atoms with E-state index in [2.05, 4.69) is 5.10 Å². The lowest BCUT2D eigenvalue weighted by Crippen LogP contribution is -1.89. The smallest absolute Gasteiger partial charge is 0.123 e. The number of nitrogens with zero attached hydrogens (tertiary/aromatic N) is 2. The van der Waals surface area contributed by atoms with Gasteiger partial charge in [0.1, 0.15) is 5.82 Å². The van der Waals surface area contributed by atoms with Crippen LogP contribution in [0.3, 0.4) is 0 Å². The van der Waals surface area contributed by atoms with Crippen LogP contribution in [-0.4, -0.2) is 14.7 Å². The fourth-order valence-electron chi connectivity index (χ4n) is 2.24. The molecule has 0 aliphatic heterocycles. The summed E-state index contributed by atoms with van der Waals surface area (Å²) >= 11 is 0. The lowest BCUT2D eigenvalue weighted by Gasteiger charge is -2.02. The first kappa shape index (κ1) is 11.9. The molecule has 0 bridgehead atoms.